The second-order valence-corrected chi connectivity index (χ2v) is 13.9. The summed E-state index contributed by atoms with van der Waals surface area (Å²) in [6, 6.07) is 14.5. The van der Waals surface area contributed by atoms with Crippen molar-refractivity contribution in [1.29, 1.82) is 10.5 Å². The van der Waals surface area contributed by atoms with E-state index in [1.165, 1.54) is 12.8 Å². The Morgan fingerprint density at radius 1 is 0.745 bits per heavy atom. The quantitative estimate of drug-likeness (QED) is 0.0823. The van der Waals surface area contributed by atoms with Crippen LogP contribution in [-0.2, 0) is 29.1 Å². The van der Waals surface area contributed by atoms with Gasteiger partial charge in [0.25, 0.3) is 0 Å². The number of nitrogens with one attached hydrogen (secondary N) is 2. The maximum Gasteiger partial charge on any atom is 0.238 e. The van der Waals surface area contributed by atoms with Crippen LogP contribution >= 0.6 is 34.8 Å². The van der Waals surface area contributed by atoms with E-state index in [2.05, 4.69) is 60.7 Å². The lowest BCUT2D eigenvalue weighted by molar-refractivity contribution is -0.116. The van der Waals surface area contributed by atoms with Crippen LogP contribution in [0.15, 0.2) is 48.8 Å². The molecule has 0 saturated heterocycles. The number of amides is 2. The maximum absolute atomic E-state index is 12.7. The van der Waals surface area contributed by atoms with Gasteiger partial charge in [0, 0.05) is 36.9 Å². The van der Waals surface area contributed by atoms with Crippen molar-refractivity contribution in [2.45, 2.75) is 77.8 Å². The summed E-state index contributed by atoms with van der Waals surface area (Å²) in [4.78, 5) is 40.1. The SMILES string of the molecule is CCCCCn1cc2c(C3C(=O)Nc4ccc(C#N)cc43)nc(Cl)nc2n1.CCCCCn1cc2c(Cl)nc(Cl)nc2n1.N#Cc1ccc2c(c1)CC(=O)N2. The van der Waals surface area contributed by atoms with E-state index in [0.29, 0.717) is 56.3 Å². The highest BCUT2D eigenvalue weighted by Gasteiger charge is 2.35. The van der Waals surface area contributed by atoms with Gasteiger partial charge in [-0.15, -0.1) is 0 Å². The van der Waals surface area contributed by atoms with Crippen LogP contribution in [0.25, 0.3) is 22.1 Å². The molecule has 2 aliphatic heterocycles. The molecule has 0 spiro atoms. The fourth-order valence-electron chi connectivity index (χ4n) is 6.24. The van der Waals surface area contributed by atoms with Gasteiger partial charge in [-0.25, -0.2) is 9.97 Å². The summed E-state index contributed by atoms with van der Waals surface area (Å²) in [6.45, 7) is 5.96. The number of unbranched alkanes of at least 4 members (excludes halogenated alkanes) is 4. The van der Waals surface area contributed by atoms with Crippen LogP contribution in [-0.4, -0.2) is 51.3 Å². The van der Waals surface area contributed by atoms with Crippen LogP contribution in [0.5, 0.6) is 0 Å². The predicted molar refractivity (Wildman–Crippen MR) is 210 cm³/mol. The van der Waals surface area contributed by atoms with E-state index in [9.17, 15) is 14.9 Å². The van der Waals surface area contributed by atoms with Crippen molar-refractivity contribution >= 4 is 80.1 Å². The molecule has 0 fully saturated rings. The van der Waals surface area contributed by atoms with E-state index in [-0.39, 0.29) is 22.4 Å². The molecule has 2 N–H and O–H groups in total. The van der Waals surface area contributed by atoms with Crippen molar-refractivity contribution in [2.24, 2.45) is 0 Å². The number of aromatic nitrogens is 8. The largest absolute Gasteiger partial charge is 0.326 e. The lowest BCUT2D eigenvalue weighted by atomic mass is 9.94. The minimum atomic E-state index is -0.649. The molecule has 0 aliphatic carbocycles. The van der Waals surface area contributed by atoms with Gasteiger partial charge in [0.2, 0.25) is 22.4 Å². The third kappa shape index (κ3) is 9.18. The Labute approximate surface area is 331 Å². The molecule has 0 saturated carbocycles. The first kappa shape index (κ1) is 39.0. The topological polar surface area (TPSA) is 193 Å². The van der Waals surface area contributed by atoms with E-state index in [1.807, 2.05) is 27.8 Å². The Morgan fingerprint density at radius 2 is 1.33 bits per heavy atom. The first-order chi connectivity index (χ1) is 26.6. The molecule has 2 aliphatic rings. The Hall–Kier alpha value is -5.67. The Balaban J connectivity index is 0.000000155. The van der Waals surface area contributed by atoms with Crippen molar-refractivity contribution in [3.8, 4) is 12.1 Å². The fraction of sp³-hybridized carbons (Fsp3) is 0.316. The number of fused-ring (bicyclic) bond motifs is 4. The van der Waals surface area contributed by atoms with Gasteiger partial charge < -0.3 is 10.6 Å². The lowest BCUT2D eigenvalue weighted by Crippen LogP contribution is -2.15. The van der Waals surface area contributed by atoms with Crippen LogP contribution in [0.1, 0.15) is 86.2 Å². The molecule has 17 heteroatoms. The van der Waals surface area contributed by atoms with Crippen molar-refractivity contribution in [2.75, 3.05) is 10.6 Å². The standard InChI is InChI=1S/C19H17ClN6O.C10H12Cl2N4.C9H6N2O/c1-2-3-4-7-26-10-13-16(23-19(20)24-17(13)25-26)15-12-8-11(9-21)5-6-14(12)22-18(15)27;1-2-3-4-5-16-6-7-8(11)13-10(12)14-9(7)15-16;10-5-6-1-2-8-7(3-6)4-9(12)11-8/h5-6,8,10,15H,2-4,7H2,1H3,(H,22,27);6H,2-5H2,1H3;1-3H,4H2,(H,11,12). The van der Waals surface area contributed by atoms with E-state index in [0.717, 1.165) is 55.4 Å². The highest BCUT2D eigenvalue weighted by molar-refractivity contribution is 6.35. The number of carbonyl (C=O) groups is 2. The molecular formula is C38H35Cl3N12O2. The third-order valence-corrected chi connectivity index (χ3v) is 9.53. The molecule has 1 unspecified atom stereocenters. The molecule has 6 aromatic rings. The number of nitrogens with zero attached hydrogens (tertiary/aromatic N) is 10. The van der Waals surface area contributed by atoms with Gasteiger partial charge in [-0.1, -0.05) is 51.1 Å². The monoisotopic (exact) mass is 796 g/mol. The van der Waals surface area contributed by atoms with Crippen LogP contribution in [0.4, 0.5) is 11.4 Å². The molecule has 6 heterocycles. The summed E-state index contributed by atoms with van der Waals surface area (Å²) < 4.78 is 3.67. The summed E-state index contributed by atoms with van der Waals surface area (Å²) in [7, 11) is 0. The normalized spacial score (nSPS) is 13.8. The van der Waals surface area contributed by atoms with E-state index < -0.39 is 5.92 Å². The number of hydrogen-bond acceptors (Lipinski definition) is 10. The van der Waals surface area contributed by atoms with Gasteiger partial charge in [0.05, 0.1) is 46.2 Å². The second kappa shape index (κ2) is 17.6. The molecule has 2 aromatic carbocycles. The molecule has 0 radical (unpaired) electrons. The zero-order chi connectivity index (χ0) is 39.1. The molecule has 1 atom stereocenters. The van der Waals surface area contributed by atoms with E-state index in [1.54, 1.807) is 36.4 Å². The van der Waals surface area contributed by atoms with Crippen LogP contribution in [0, 0.1) is 22.7 Å². The average Bonchev–Trinajstić information content (AvgIpc) is 3.94. The minimum absolute atomic E-state index is 0.0000831. The van der Waals surface area contributed by atoms with Crippen molar-refractivity contribution in [3.05, 3.63) is 92.5 Å². The summed E-state index contributed by atoms with van der Waals surface area (Å²) in [5.41, 5.74) is 5.78. The van der Waals surface area contributed by atoms with Crippen LogP contribution < -0.4 is 10.6 Å². The zero-order valence-corrected chi connectivity index (χ0v) is 32.3. The molecular weight excluding hydrogens is 763 g/mol. The fourth-order valence-corrected chi connectivity index (χ4v) is 6.83. The molecule has 8 rings (SSSR count). The van der Waals surface area contributed by atoms with Crippen LogP contribution in [0.3, 0.4) is 0 Å². The molecule has 280 valence electrons. The first-order valence-corrected chi connectivity index (χ1v) is 18.9. The Kier molecular flexibility index (Phi) is 12.5. The average molecular weight is 798 g/mol. The summed E-state index contributed by atoms with van der Waals surface area (Å²) in [5, 5.41) is 34.1. The highest BCUT2D eigenvalue weighted by Crippen LogP contribution is 2.39. The molecule has 14 nitrogen and oxygen atoms in total. The van der Waals surface area contributed by atoms with Gasteiger partial charge in [0.1, 0.15) is 11.1 Å². The molecule has 0 bridgehead atoms. The Morgan fingerprint density at radius 3 is 1.96 bits per heavy atom. The van der Waals surface area contributed by atoms with Crippen molar-refractivity contribution in [3.63, 3.8) is 0 Å². The number of nitriles is 2. The number of halogens is 3. The van der Waals surface area contributed by atoms with E-state index in [4.69, 9.17) is 40.1 Å². The summed E-state index contributed by atoms with van der Waals surface area (Å²) >= 11 is 17.8. The molecule has 4 aromatic heterocycles. The predicted octanol–water partition coefficient (Wildman–Crippen LogP) is 8.00. The van der Waals surface area contributed by atoms with Crippen molar-refractivity contribution in [1.82, 2.24) is 39.5 Å². The highest BCUT2D eigenvalue weighted by atomic mass is 35.5. The van der Waals surface area contributed by atoms with Crippen molar-refractivity contribution < 1.29 is 9.59 Å². The number of hydrogen-bond donors (Lipinski definition) is 2. The molecule has 2 amide bonds. The van der Waals surface area contributed by atoms with Gasteiger partial charge in [-0.05, 0) is 83.6 Å². The third-order valence-electron chi connectivity index (χ3n) is 8.91. The lowest BCUT2D eigenvalue weighted by Gasteiger charge is -2.09. The van der Waals surface area contributed by atoms with Gasteiger partial charge in [-0.3, -0.25) is 19.0 Å². The summed E-state index contributed by atoms with van der Waals surface area (Å²) in [5.74, 6) is -0.848. The smallest absolute Gasteiger partial charge is 0.238 e. The number of rotatable bonds is 9. The van der Waals surface area contributed by atoms with Gasteiger partial charge >= 0.3 is 0 Å². The number of carbonyl (C=O) groups excluding carboxylic acids is 2. The van der Waals surface area contributed by atoms with E-state index >= 15 is 0 Å². The summed E-state index contributed by atoms with van der Waals surface area (Å²) in [6.07, 6.45) is 10.9. The molecule has 55 heavy (non-hydrogen) atoms. The van der Waals surface area contributed by atoms with Crippen LogP contribution in [0.2, 0.25) is 15.7 Å². The van der Waals surface area contributed by atoms with Gasteiger partial charge in [-0.2, -0.15) is 30.7 Å². The number of aryl methyl sites for hydroxylation is 2. The maximum atomic E-state index is 12.7. The number of anilines is 2. The first-order valence-electron chi connectivity index (χ1n) is 17.7. The second-order valence-electron chi connectivity index (χ2n) is 12.9. The number of benzene rings is 2. The minimum Gasteiger partial charge on any atom is -0.326 e. The zero-order valence-electron chi connectivity index (χ0n) is 30.0. The Bertz CT molecular complexity index is 2480. The van der Waals surface area contributed by atoms with Gasteiger partial charge in [0.15, 0.2) is 11.3 Å².